The molecule has 92 valence electrons. The van der Waals surface area contributed by atoms with Gasteiger partial charge in [-0.3, -0.25) is 4.79 Å². The van der Waals surface area contributed by atoms with Crippen LogP contribution in [0.25, 0.3) is 0 Å². The first kappa shape index (κ1) is 13.8. The molecule has 4 nitrogen and oxygen atoms in total. The lowest BCUT2D eigenvalue weighted by Gasteiger charge is -2.06. The molecule has 1 N–H and O–H groups in total. The van der Waals surface area contributed by atoms with E-state index < -0.39 is 11.9 Å². The highest BCUT2D eigenvalue weighted by Gasteiger charge is 2.12. The molecule has 1 rings (SSSR count). The molecule has 0 aromatic heterocycles. The number of rotatable bonds is 3. The topological polar surface area (TPSA) is 55.4 Å². The van der Waals surface area contributed by atoms with Crippen molar-refractivity contribution in [2.75, 3.05) is 13.7 Å². The van der Waals surface area contributed by atoms with Crippen LogP contribution in [0.3, 0.4) is 0 Å². The fraction of sp³-hybridized carbons (Fsp3) is 0.273. The van der Waals surface area contributed by atoms with Crippen LogP contribution in [0.1, 0.15) is 5.56 Å². The molecule has 0 aliphatic rings. The molecular weight excluding hydrogens is 265 g/mol. The summed E-state index contributed by atoms with van der Waals surface area (Å²) in [6.45, 7) is 0.301. The minimum atomic E-state index is -0.910. The summed E-state index contributed by atoms with van der Waals surface area (Å²) in [7, 11) is 1.15. The number of esters is 1. The van der Waals surface area contributed by atoms with Crippen molar-refractivity contribution in [3.8, 4) is 0 Å². The third-order valence-electron chi connectivity index (χ3n) is 2.07. The van der Waals surface area contributed by atoms with Crippen molar-refractivity contribution < 1.29 is 14.3 Å². The zero-order valence-corrected chi connectivity index (χ0v) is 10.6. The van der Waals surface area contributed by atoms with Crippen LogP contribution < -0.4 is 5.32 Å². The number of carbonyl (C=O) groups excluding carboxylic acids is 2. The molecule has 0 radical (unpaired) electrons. The number of methoxy groups -OCH3 is 1. The monoisotopic (exact) mass is 275 g/mol. The van der Waals surface area contributed by atoms with Crippen LogP contribution in [0.2, 0.25) is 10.0 Å². The summed E-state index contributed by atoms with van der Waals surface area (Å²) in [5, 5.41) is 3.50. The van der Waals surface area contributed by atoms with Gasteiger partial charge in [0.15, 0.2) is 0 Å². The maximum atomic E-state index is 11.1. The third-order valence-corrected chi connectivity index (χ3v) is 2.65. The Morgan fingerprint density at radius 3 is 2.65 bits per heavy atom. The Hall–Kier alpha value is -1.26. The van der Waals surface area contributed by atoms with Crippen molar-refractivity contribution in [2.45, 2.75) is 6.42 Å². The Bertz CT molecular complexity index is 435. The van der Waals surface area contributed by atoms with Crippen LogP contribution in [-0.4, -0.2) is 25.5 Å². The van der Waals surface area contributed by atoms with Gasteiger partial charge in [-0.15, -0.1) is 0 Å². The summed E-state index contributed by atoms with van der Waals surface area (Å²) in [6.07, 6.45) is 0.513. The molecular formula is C11H11Cl2NO3. The molecule has 0 fully saturated rings. The van der Waals surface area contributed by atoms with Crippen molar-refractivity contribution in [1.29, 1.82) is 0 Å². The van der Waals surface area contributed by atoms with Gasteiger partial charge in [0.2, 0.25) is 0 Å². The molecule has 17 heavy (non-hydrogen) atoms. The standard InChI is InChI=1S/C11H11Cl2NO3/c1-17-11(16)10(15)14-5-4-7-2-3-8(12)6-9(7)13/h2-3,6H,4-5H2,1H3,(H,14,15). The van der Waals surface area contributed by atoms with Crippen LogP contribution in [-0.2, 0) is 20.7 Å². The number of hydrogen-bond acceptors (Lipinski definition) is 3. The van der Waals surface area contributed by atoms with E-state index in [1.165, 1.54) is 0 Å². The second-order valence-corrected chi connectivity index (χ2v) is 4.08. The van der Waals surface area contributed by atoms with Crippen LogP contribution in [0.5, 0.6) is 0 Å². The molecule has 0 unspecified atom stereocenters. The number of carbonyl (C=O) groups is 2. The molecule has 6 heteroatoms. The van der Waals surface area contributed by atoms with Crippen molar-refractivity contribution in [1.82, 2.24) is 5.32 Å². The Morgan fingerprint density at radius 2 is 2.06 bits per heavy atom. The Labute approximate surface area is 109 Å². The van der Waals surface area contributed by atoms with Gasteiger partial charge in [0.05, 0.1) is 7.11 Å². The Morgan fingerprint density at radius 1 is 1.35 bits per heavy atom. The number of nitrogens with one attached hydrogen (secondary N) is 1. The summed E-state index contributed by atoms with van der Waals surface area (Å²) < 4.78 is 4.26. The van der Waals surface area contributed by atoms with Gasteiger partial charge in [0, 0.05) is 16.6 Å². The van der Waals surface area contributed by atoms with E-state index in [2.05, 4.69) is 10.1 Å². The van der Waals surface area contributed by atoms with Crippen LogP contribution >= 0.6 is 23.2 Å². The van der Waals surface area contributed by atoms with E-state index in [1.54, 1.807) is 18.2 Å². The lowest BCUT2D eigenvalue weighted by atomic mass is 10.1. The van der Waals surface area contributed by atoms with E-state index in [9.17, 15) is 9.59 Å². The molecule has 0 saturated heterocycles. The van der Waals surface area contributed by atoms with Gasteiger partial charge in [-0.05, 0) is 24.1 Å². The lowest BCUT2D eigenvalue weighted by Crippen LogP contribution is -2.33. The van der Waals surface area contributed by atoms with Crippen molar-refractivity contribution >= 4 is 35.1 Å². The molecule has 0 atom stereocenters. The fourth-order valence-electron chi connectivity index (χ4n) is 1.20. The number of benzene rings is 1. The number of hydrogen-bond donors (Lipinski definition) is 1. The molecule has 0 heterocycles. The van der Waals surface area contributed by atoms with Crippen LogP contribution in [0, 0.1) is 0 Å². The second-order valence-electron chi connectivity index (χ2n) is 3.23. The maximum absolute atomic E-state index is 11.1. The largest absolute Gasteiger partial charge is 0.462 e. The first-order valence-electron chi connectivity index (χ1n) is 4.84. The first-order valence-corrected chi connectivity index (χ1v) is 5.60. The van der Waals surface area contributed by atoms with E-state index in [0.717, 1.165) is 12.7 Å². The number of ether oxygens (including phenoxy) is 1. The molecule has 1 amide bonds. The average Bonchev–Trinajstić information content (AvgIpc) is 2.30. The highest BCUT2D eigenvalue weighted by atomic mass is 35.5. The number of amides is 1. The van der Waals surface area contributed by atoms with Gasteiger partial charge >= 0.3 is 11.9 Å². The summed E-state index contributed by atoms with van der Waals surface area (Å²) >= 11 is 11.7. The molecule has 0 saturated carbocycles. The molecule has 0 aliphatic heterocycles. The maximum Gasteiger partial charge on any atom is 0.396 e. The van der Waals surface area contributed by atoms with Crippen molar-refractivity contribution in [2.24, 2.45) is 0 Å². The molecule has 1 aromatic carbocycles. The molecule has 1 aromatic rings. The Kier molecular flexibility index (Phi) is 5.25. The minimum absolute atomic E-state index is 0.301. The van der Waals surface area contributed by atoms with Gasteiger partial charge < -0.3 is 10.1 Å². The van der Waals surface area contributed by atoms with E-state index >= 15 is 0 Å². The molecule has 0 aliphatic carbocycles. The highest BCUT2D eigenvalue weighted by Crippen LogP contribution is 2.20. The van der Waals surface area contributed by atoms with Crippen LogP contribution in [0.15, 0.2) is 18.2 Å². The average molecular weight is 276 g/mol. The molecule has 0 bridgehead atoms. The summed E-state index contributed by atoms with van der Waals surface area (Å²) in [5.41, 5.74) is 0.848. The Balaban J connectivity index is 2.46. The van der Waals surface area contributed by atoms with E-state index in [-0.39, 0.29) is 0 Å². The van der Waals surface area contributed by atoms with E-state index in [0.29, 0.717) is 23.0 Å². The van der Waals surface area contributed by atoms with Gasteiger partial charge in [0.1, 0.15) is 0 Å². The van der Waals surface area contributed by atoms with Gasteiger partial charge in [-0.25, -0.2) is 4.79 Å². The molecule has 0 spiro atoms. The SMILES string of the molecule is COC(=O)C(=O)NCCc1ccc(Cl)cc1Cl. The lowest BCUT2D eigenvalue weighted by molar-refractivity contribution is -0.152. The van der Waals surface area contributed by atoms with E-state index in [4.69, 9.17) is 23.2 Å². The normalized spacial score (nSPS) is 9.82. The second kappa shape index (κ2) is 6.47. The highest BCUT2D eigenvalue weighted by molar-refractivity contribution is 6.35. The summed E-state index contributed by atoms with van der Waals surface area (Å²) in [4.78, 5) is 21.9. The van der Waals surface area contributed by atoms with Crippen molar-refractivity contribution in [3.63, 3.8) is 0 Å². The van der Waals surface area contributed by atoms with Gasteiger partial charge in [-0.1, -0.05) is 29.3 Å². The van der Waals surface area contributed by atoms with E-state index in [1.807, 2.05) is 0 Å². The van der Waals surface area contributed by atoms with Gasteiger partial charge in [-0.2, -0.15) is 0 Å². The van der Waals surface area contributed by atoms with Gasteiger partial charge in [0.25, 0.3) is 0 Å². The zero-order chi connectivity index (χ0) is 12.8. The fourth-order valence-corrected chi connectivity index (χ4v) is 1.70. The quantitative estimate of drug-likeness (QED) is 0.676. The first-order chi connectivity index (χ1) is 8.04. The predicted octanol–water partition coefficient (Wildman–Crippen LogP) is 1.83. The minimum Gasteiger partial charge on any atom is -0.462 e. The van der Waals surface area contributed by atoms with Crippen LogP contribution in [0.4, 0.5) is 0 Å². The summed E-state index contributed by atoms with van der Waals surface area (Å²) in [5.74, 6) is -1.68. The predicted molar refractivity (Wildman–Crippen MR) is 65.2 cm³/mol. The number of halogens is 2. The zero-order valence-electron chi connectivity index (χ0n) is 9.13. The van der Waals surface area contributed by atoms with Crippen molar-refractivity contribution in [3.05, 3.63) is 33.8 Å². The third kappa shape index (κ3) is 4.24. The smallest absolute Gasteiger partial charge is 0.396 e. The summed E-state index contributed by atoms with van der Waals surface area (Å²) in [6, 6.07) is 5.11.